The number of benzene rings is 1. The van der Waals surface area contributed by atoms with Gasteiger partial charge in [-0.2, -0.15) is 0 Å². The van der Waals surface area contributed by atoms with Gasteiger partial charge in [-0.25, -0.2) is 0 Å². The van der Waals surface area contributed by atoms with Gasteiger partial charge in [0.05, 0.1) is 18.9 Å². The molecule has 1 amide bonds. The van der Waals surface area contributed by atoms with Gasteiger partial charge in [0.15, 0.2) is 11.0 Å². The molecular weight excluding hydrogens is 360 g/mol. The van der Waals surface area contributed by atoms with Crippen LogP contribution in [0.5, 0.6) is 0 Å². The van der Waals surface area contributed by atoms with Crippen molar-refractivity contribution in [2.24, 2.45) is 0 Å². The molecule has 0 unspecified atom stereocenters. The molecule has 7 heteroatoms. The Labute approximate surface area is 165 Å². The van der Waals surface area contributed by atoms with E-state index >= 15 is 0 Å². The van der Waals surface area contributed by atoms with Gasteiger partial charge in [0.25, 0.3) is 0 Å². The number of aromatic nitrogens is 3. The number of nitrogens with zero attached hydrogens (tertiary/aromatic N) is 4. The highest BCUT2D eigenvalue weighted by atomic mass is 32.2. The molecule has 0 aliphatic carbocycles. The maximum atomic E-state index is 12.8. The Morgan fingerprint density at radius 2 is 1.89 bits per heavy atom. The molecule has 2 atom stereocenters. The molecule has 1 fully saturated rings. The second-order valence-corrected chi connectivity index (χ2v) is 7.98. The van der Waals surface area contributed by atoms with Gasteiger partial charge in [-0.1, -0.05) is 42.1 Å². The Hall–Kier alpha value is -1.86. The Balaban J connectivity index is 1.74. The van der Waals surface area contributed by atoms with E-state index in [0.717, 1.165) is 29.4 Å². The average molecular weight is 389 g/mol. The Kier molecular flexibility index (Phi) is 6.90. The SMILES string of the molecule is COCCn1c(SCC(=O)N2[C@@H](C)CCC[C@@H]2C)nnc1-c1ccccc1. The van der Waals surface area contributed by atoms with Crippen molar-refractivity contribution in [3.8, 4) is 11.4 Å². The Bertz CT molecular complexity index is 740. The first-order chi connectivity index (χ1) is 13.1. The molecule has 146 valence electrons. The van der Waals surface area contributed by atoms with E-state index in [-0.39, 0.29) is 5.91 Å². The minimum atomic E-state index is 0.183. The van der Waals surface area contributed by atoms with Crippen molar-refractivity contribution >= 4 is 17.7 Å². The number of likely N-dealkylation sites (tertiary alicyclic amines) is 1. The number of carbonyl (C=O) groups excluding carboxylic acids is 1. The van der Waals surface area contributed by atoms with E-state index in [1.54, 1.807) is 7.11 Å². The van der Waals surface area contributed by atoms with Gasteiger partial charge < -0.3 is 9.64 Å². The zero-order valence-electron chi connectivity index (χ0n) is 16.3. The van der Waals surface area contributed by atoms with Crippen LogP contribution in [0.1, 0.15) is 33.1 Å². The van der Waals surface area contributed by atoms with Crippen molar-refractivity contribution < 1.29 is 9.53 Å². The van der Waals surface area contributed by atoms with E-state index in [4.69, 9.17) is 4.74 Å². The summed E-state index contributed by atoms with van der Waals surface area (Å²) in [6.07, 6.45) is 3.37. The van der Waals surface area contributed by atoms with Crippen LogP contribution in [0.15, 0.2) is 35.5 Å². The molecule has 0 N–H and O–H groups in total. The van der Waals surface area contributed by atoms with E-state index in [1.165, 1.54) is 18.2 Å². The second kappa shape index (κ2) is 9.37. The lowest BCUT2D eigenvalue weighted by atomic mass is 9.98. The highest BCUT2D eigenvalue weighted by molar-refractivity contribution is 7.99. The molecule has 1 aliphatic rings. The average Bonchev–Trinajstić information content (AvgIpc) is 3.08. The number of methoxy groups -OCH3 is 1. The van der Waals surface area contributed by atoms with E-state index in [1.807, 2.05) is 39.8 Å². The summed E-state index contributed by atoms with van der Waals surface area (Å²) in [7, 11) is 1.68. The quantitative estimate of drug-likeness (QED) is 0.680. The summed E-state index contributed by atoms with van der Waals surface area (Å²) >= 11 is 1.46. The van der Waals surface area contributed by atoms with Crippen molar-refractivity contribution in [1.29, 1.82) is 0 Å². The summed E-state index contributed by atoms with van der Waals surface area (Å²) in [5.41, 5.74) is 1.01. The summed E-state index contributed by atoms with van der Waals surface area (Å²) in [4.78, 5) is 14.9. The molecule has 1 aromatic carbocycles. The lowest BCUT2D eigenvalue weighted by Gasteiger charge is -2.39. The first-order valence-electron chi connectivity index (χ1n) is 9.53. The van der Waals surface area contributed by atoms with Gasteiger partial charge in [-0.05, 0) is 33.1 Å². The molecule has 6 nitrogen and oxygen atoms in total. The molecule has 0 radical (unpaired) electrons. The largest absolute Gasteiger partial charge is 0.383 e. The van der Waals surface area contributed by atoms with Gasteiger partial charge in [0.1, 0.15) is 0 Å². The highest BCUT2D eigenvalue weighted by Crippen LogP contribution is 2.27. The molecule has 2 aromatic rings. The number of ether oxygens (including phenoxy) is 1. The Morgan fingerprint density at radius 1 is 1.19 bits per heavy atom. The second-order valence-electron chi connectivity index (χ2n) is 7.04. The molecule has 2 heterocycles. The molecule has 1 saturated heterocycles. The van der Waals surface area contributed by atoms with Crippen molar-refractivity contribution in [3.63, 3.8) is 0 Å². The maximum absolute atomic E-state index is 12.8. The third-order valence-electron chi connectivity index (χ3n) is 5.07. The summed E-state index contributed by atoms with van der Waals surface area (Å²) in [6, 6.07) is 10.6. The Morgan fingerprint density at radius 3 is 2.56 bits per heavy atom. The van der Waals surface area contributed by atoms with E-state index < -0.39 is 0 Å². The maximum Gasteiger partial charge on any atom is 0.233 e. The van der Waals surface area contributed by atoms with Crippen LogP contribution in [0, 0.1) is 0 Å². The zero-order chi connectivity index (χ0) is 19.2. The summed E-state index contributed by atoms with van der Waals surface area (Å²) in [6.45, 7) is 5.51. The monoisotopic (exact) mass is 388 g/mol. The summed E-state index contributed by atoms with van der Waals surface area (Å²) < 4.78 is 7.29. The summed E-state index contributed by atoms with van der Waals surface area (Å²) in [5.74, 6) is 1.37. The van der Waals surface area contributed by atoms with Crippen LogP contribution in [0.25, 0.3) is 11.4 Å². The fourth-order valence-electron chi connectivity index (χ4n) is 3.69. The molecular formula is C20H28N4O2S. The predicted molar refractivity (Wildman–Crippen MR) is 108 cm³/mol. The van der Waals surface area contributed by atoms with Crippen molar-refractivity contribution in [2.75, 3.05) is 19.5 Å². The van der Waals surface area contributed by atoms with Crippen molar-refractivity contribution in [3.05, 3.63) is 30.3 Å². The van der Waals surface area contributed by atoms with Crippen LogP contribution in [0.4, 0.5) is 0 Å². The normalized spacial score (nSPS) is 20.0. The number of piperidine rings is 1. The topological polar surface area (TPSA) is 60.2 Å². The molecule has 0 spiro atoms. The van der Waals surface area contributed by atoms with Crippen LogP contribution in [-0.2, 0) is 16.1 Å². The van der Waals surface area contributed by atoms with Crippen molar-refractivity contribution in [2.45, 2.75) is 56.9 Å². The van der Waals surface area contributed by atoms with Gasteiger partial charge in [0, 0.05) is 24.8 Å². The van der Waals surface area contributed by atoms with E-state index in [0.29, 0.717) is 31.0 Å². The van der Waals surface area contributed by atoms with E-state index in [9.17, 15) is 4.79 Å². The third kappa shape index (κ3) is 4.71. The van der Waals surface area contributed by atoms with E-state index in [2.05, 4.69) is 24.0 Å². The lowest BCUT2D eigenvalue weighted by molar-refractivity contribution is -0.134. The summed E-state index contributed by atoms with van der Waals surface area (Å²) in [5, 5.41) is 9.48. The highest BCUT2D eigenvalue weighted by Gasteiger charge is 2.29. The fraction of sp³-hybridized carbons (Fsp3) is 0.550. The number of carbonyl (C=O) groups is 1. The first-order valence-corrected chi connectivity index (χ1v) is 10.5. The third-order valence-corrected chi connectivity index (χ3v) is 6.03. The van der Waals surface area contributed by atoms with Gasteiger partial charge >= 0.3 is 0 Å². The smallest absolute Gasteiger partial charge is 0.233 e. The van der Waals surface area contributed by atoms with Gasteiger partial charge in [0.2, 0.25) is 5.91 Å². The molecule has 0 bridgehead atoms. The number of hydrogen-bond donors (Lipinski definition) is 0. The van der Waals surface area contributed by atoms with Crippen LogP contribution in [0.2, 0.25) is 0 Å². The number of rotatable bonds is 7. The lowest BCUT2D eigenvalue weighted by Crippen LogP contribution is -2.48. The van der Waals surface area contributed by atoms with Crippen LogP contribution < -0.4 is 0 Å². The molecule has 1 aromatic heterocycles. The van der Waals surface area contributed by atoms with Crippen LogP contribution in [0.3, 0.4) is 0 Å². The van der Waals surface area contributed by atoms with Gasteiger partial charge in [-0.15, -0.1) is 10.2 Å². The minimum Gasteiger partial charge on any atom is -0.383 e. The number of amides is 1. The molecule has 3 rings (SSSR count). The molecule has 0 saturated carbocycles. The fourth-order valence-corrected chi connectivity index (χ4v) is 4.53. The minimum absolute atomic E-state index is 0.183. The van der Waals surface area contributed by atoms with Crippen LogP contribution >= 0.6 is 11.8 Å². The number of hydrogen-bond acceptors (Lipinski definition) is 5. The molecule has 1 aliphatic heterocycles. The van der Waals surface area contributed by atoms with Crippen LogP contribution in [-0.4, -0.2) is 57.1 Å². The van der Waals surface area contributed by atoms with Crippen molar-refractivity contribution in [1.82, 2.24) is 19.7 Å². The zero-order valence-corrected chi connectivity index (χ0v) is 17.1. The van der Waals surface area contributed by atoms with Gasteiger partial charge in [-0.3, -0.25) is 9.36 Å². The number of thioether (sulfide) groups is 1. The first kappa shape index (κ1) is 19.9. The predicted octanol–water partition coefficient (Wildman–Crippen LogP) is 3.47. The molecule has 27 heavy (non-hydrogen) atoms. The standard InChI is InChI=1S/C20H28N4O2S/c1-15-8-7-9-16(2)24(15)18(25)14-27-20-22-21-19(23(20)12-13-26-3)17-10-5-4-6-11-17/h4-6,10-11,15-16H,7-9,12-14H2,1-3H3/t15-,16-/m0/s1.